The molecule has 0 aliphatic carbocycles. The summed E-state index contributed by atoms with van der Waals surface area (Å²) in [5, 5.41) is 5.72. The van der Waals surface area contributed by atoms with E-state index in [4.69, 9.17) is 11.6 Å². The van der Waals surface area contributed by atoms with Crippen LogP contribution in [-0.4, -0.2) is 11.8 Å². The summed E-state index contributed by atoms with van der Waals surface area (Å²) in [5.41, 5.74) is 3.11. The van der Waals surface area contributed by atoms with Gasteiger partial charge in [-0.15, -0.1) is 0 Å². The first-order valence-electron chi connectivity index (χ1n) is 6.97. The van der Waals surface area contributed by atoms with Gasteiger partial charge in [-0.25, -0.2) is 0 Å². The molecular formula is C17H17ClN2O2. The van der Waals surface area contributed by atoms with Crippen molar-refractivity contribution >= 4 is 34.8 Å². The molecule has 0 fully saturated rings. The predicted octanol–water partition coefficient (Wildman–Crippen LogP) is 3.79. The monoisotopic (exact) mass is 316 g/mol. The van der Waals surface area contributed by atoms with Gasteiger partial charge in [0.2, 0.25) is 0 Å². The summed E-state index contributed by atoms with van der Waals surface area (Å²) >= 11 is 5.86. The van der Waals surface area contributed by atoms with Gasteiger partial charge in [-0.1, -0.05) is 30.7 Å². The van der Waals surface area contributed by atoms with E-state index in [2.05, 4.69) is 17.6 Å². The van der Waals surface area contributed by atoms with Gasteiger partial charge in [0.25, 0.3) is 0 Å². The molecule has 0 aliphatic rings. The average molecular weight is 317 g/mol. The van der Waals surface area contributed by atoms with Gasteiger partial charge < -0.3 is 10.6 Å². The first-order chi connectivity index (χ1) is 10.5. The Hall–Kier alpha value is -2.33. The van der Waals surface area contributed by atoms with Gasteiger partial charge in [-0.2, -0.15) is 0 Å². The lowest BCUT2D eigenvalue weighted by Crippen LogP contribution is -2.29. The van der Waals surface area contributed by atoms with Gasteiger partial charge in [0, 0.05) is 16.4 Å². The van der Waals surface area contributed by atoms with Gasteiger partial charge in [-0.05, 0) is 54.8 Å². The second-order valence-electron chi connectivity index (χ2n) is 4.92. The fraction of sp³-hybridized carbons (Fsp3) is 0.176. The van der Waals surface area contributed by atoms with Gasteiger partial charge in [-0.3, -0.25) is 9.59 Å². The molecule has 0 bridgehead atoms. The number of amides is 2. The smallest absolute Gasteiger partial charge is 0.314 e. The Kier molecular flexibility index (Phi) is 5.17. The summed E-state index contributed by atoms with van der Waals surface area (Å²) in [5.74, 6) is -1.43. The van der Waals surface area contributed by atoms with Crippen LogP contribution in [0.3, 0.4) is 0 Å². The van der Waals surface area contributed by atoms with Crippen molar-refractivity contribution in [3.63, 3.8) is 0 Å². The summed E-state index contributed by atoms with van der Waals surface area (Å²) in [6.45, 7) is 3.86. The topological polar surface area (TPSA) is 58.2 Å². The largest absolute Gasteiger partial charge is 0.318 e. The highest BCUT2D eigenvalue weighted by Gasteiger charge is 2.15. The fourth-order valence-corrected chi connectivity index (χ4v) is 2.18. The zero-order valence-electron chi connectivity index (χ0n) is 12.4. The summed E-state index contributed by atoms with van der Waals surface area (Å²) in [6, 6.07) is 12.4. The second-order valence-corrected chi connectivity index (χ2v) is 5.35. The fourth-order valence-electron chi connectivity index (χ4n) is 1.96. The van der Waals surface area contributed by atoms with Gasteiger partial charge in [0.05, 0.1) is 0 Å². The molecule has 0 aromatic heterocycles. The molecule has 4 nitrogen and oxygen atoms in total. The summed E-state index contributed by atoms with van der Waals surface area (Å²) in [7, 11) is 0. The molecule has 22 heavy (non-hydrogen) atoms. The van der Waals surface area contributed by atoms with E-state index in [0.717, 1.165) is 12.0 Å². The summed E-state index contributed by atoms with van der Waals surface area (Å²) in [6.07, 6.45) is 0.921. The van der Waals surface area contributed by atoms with Crippen LogP contribution in [-0.2, 0) is 16.0 Å². The minimum absolute atomic E-state index is 0.561. The van der Waals surface area contributed by atoms with Crippen molar-refractivity contribution in [1.29, 1.82) is 0 Å². The van der Waals surface area contributed by atoms with E-state index in [1.807, 2.05) is 19.1 Å². The zero-order valence-corrected chi connectivity index (χ0v) is 13.2. The normalized spacial score (nSPS) is 10.1. The standard InChI is InChI=1S/C17H17ClN2O2/c1-3-12-4-7-14(8-5-12)19-16(21)17(22)20-15-9-6-13(18)10-11(15)2/h4-10H,3H2,1-2H3,(H,19,21)(H,20,22). The molecule has 114 valence electrons. The third-order valence-corrected chi connectivity index (χ3v) is 3.50. The molecule has 2 rings (SSSR count). The minimum Gasteiger partial charge on any atom is -0.318 e. The number of nitrogens with one attached hydrogen (secondary N) is 2. The van der Waals surface area contributed by atoms with Gasteiger partial charge in [0.1, 0.15) is 0 Å². The third-order valence-electron chi connectivity index (χ3n) is 3.26. The molecule has 2 amide bonds. The predicted molar refractivity (Wildman–Crippen MR) is 89.3 cm³/mol. The van der Waals surface area contributed by atoms with Crippen LogP contribution in [0.1, 0.15) is 18.1 Å². The van der Waals surface area contributed by atoms with E-state index >= 15 is 0 Å². The van der Waals surface area contributed by atoms with Crippen LogP contribution in [0.25, 0.3) is 0 Å². The highest BCUT2D eigenvalue weighted by atomic mass is 35.5. The van der Waals surface area contributed by atoms with Crippen molar-refractivity contribution < 1.29 is 9.59 Å². The lowest BCUT2D eigenvalue weighted by molar-refractivity contribution is -0.133. The Balaban J connectivity index is 2.01. The number of carbonyl (C=O) groups is 2. The lowest BCUT2D eigenvalue weighted by atomic mass is 10.1. The lowest BCUT2D eigenvalue weighted by Gasteiger charge is -2.09. The molecular weight excluding hydrogens is 300 g/mol. The Morgan fingerprint density at radius 2 is 1.64 bits per heavy atom. The molecule has 0 heterocycles. The molecule has 0 atom stereocenters. The Morgan fingerprint density at radius 3 is 2.23 bits per heavy atom. The van der Waals surface area contributed by atoms with Crippen LogP contribution in [0.5, 0.6) is 0 Å². The van der Waals surface area contributed by atoms with Crippen molar-refractivity contribution in [3.05, 3.63) is 58.6 Å². The number of carbonyl (C=O) groups excluding carboxylic acids is 2. The molecule has 0 spiro atoms. The average Bonchev–Trinajstić information content (AvgIpc) is 2.50. The maximum absolute atomic E-state index is 11.9. The van der Waals surface area contributed by atoms with Crippen LogP contribution in [0.2, 0.25) is 5.02 Å². The first kappa shape index (κ1) is 16.0. The quantitative estimate of drug-likeness (QED) is 0.846. The molecule has 2 aromatic rings. The molecule has 2 N–H and O–H groups in total. The SMILES string of the molecule is CCc1ccc(NC(=O)C(=O)Nc2ccc(Cl)cc2C)cc1. The molecule has 5 heteroatoms. The number of halogens is 1. The van der Waals surface area contributed by atoms with Crippen molar-refractivity contribution in [1.82, 2.24) is 0 Å². The third kappa shape index (κ3) is 4.09. The minimum atomic E-state index is -0.718. The van der Waals surface area contributed by atoms with Crippen molar-refractivity contribution in [2.75, 3.05) is 10.6 Å². The maximum atomic E-state index is 11.9. The van der Waals surface area contributed by atoms with Crippen molar-refractivity contribution in [2.24, 2.45) is 0 Å². The number of hydrogen-bond acceptors (Lipinski definition) is 2. The zero-order chi connectivity index (χ0) is 16.1. The van der Waals surface area contributed by atoms with E-state index in [-0.39, 0.29) is 0 Å². The highest BCUT2D eigenvalue weighted by Crippen LogP contribution is 2.19. The van der Waals surface area contributed by atoms with Crippen molar-refractivity contribution in [2.45, 2.75) is 20.3 Å². The number of aryl methyl sites for hydroxylation is 2. The molecule has 2 aromatic carbocycles. The molecule has 0 radical (unpaired) electrons. The number of hydrogen-bond donors (Lipinski definition) is 2. The summed E-state index contributed by atoms with van der Waals surface area (Å²) < 4.78 is 0. The highest BCUT2D eigenvalue weighted by molar-refractivity contribution is 6.43. The van der Waals surface area contributed by atoms with Crippen LogP contribution in [0.4, 0.5) is 11.4 Å². The van der Waals surface area contributed by atoms with E-state index in [9.17, 15) is 9.59 Å². The van der Waals surface area contributed by atoms with Crippen molar-refractivity contribution in [3.8, 4) is 0 Å². The Morgan fingerprint density at radius 1 is 1.00 bits per heavy atom. The van der Waals surface area contributed by atoms with Crippen LogP contribution in [0.15, 0.2) is 42.5 Å². The van der Waals surface area contributed by atoms with Gasteiger partial charge in [0.15, 0.2) is 0 Å². The number of rotatable bonds is 3. The van der Waals surface area contributed by atoms with Crippen LogP contribution < -0.4 is 10.6 Å². The van der Waals surface area contributed by atoms with Crippen LogP contribution >= 0.6 is 11.6 Å². The van der Waals surface area contributed by atoms with E-state index in [1.165, 1.54) is 5.56 Å². The van der Waals surface area contributed by atoms with E-state index in [1.54, 1.807) is 30.3 Å². The molecule has 0 saturated carbocycles. The number of benzene rings is 2. The second kappa shape index (κ2) is 7.09. The molecule has 0 unspecified atom stereocenters. The first-order valence-corrected chi connectivity index (χ1v) is 7.35. The molecule has 0 saturated heterocycles. The van der Waals surface area contributed by atoms with Gasteiger partial charge >= 0.3 is 11.8 Å². The van der Waals surface area contributed by atoms with E-state index in [0.29, 0.717) is 16.4 Å². The molecule has 0 aliphatic heterocycles. The van der Waals surface area contributed by atoms with Crippen LogP contribution in [0, 0.1) is 6.92 Å². The van der Waals surface area contributed by atoms with E-state index < -0.39 is 11.8 Å². The maximum Gasteiger partial charge on any atom is 0.314 e. The number of anilines is 2. The summed E-state index contributed by atoms with van der Waals surface area (Å²) in [4.78, 5) is 23.8. The Bertz CT molecular complexity index is 696. The Labute approximate surface area is 134 Å².